The van der Waals surface area contributed by atoms with Crippen LogP contribution in [0.25, 0.3) is 0 Å². The Labute approximate surface area is 120 Å². The molecule has 20 heavy (non-hydrogen) atoms. The predicted octanol–water partition coefficient (Wildman–Crippen LogP) is 1.56. The van der Waals surface area contributed by atoms with Gasteiger partial charge in [-0.05, 0) is 25.7 Å². The highest BCUT2D eigenvalue weighted by molar-refractivity contribution is 5.72. The monoisotopic (exact) mass is 283 g/mol. The van der Waals surface area contributed by atoms with E-state index in [1.54, 1.807) is 0 Å². The highest BCUT2D eigenvalue weighted by Gasteiger charge is 2.41. The van der Waals surface area contributed by atoms with Gasteiger partial charge in [0.25, 0.3) is 0 Å². The zero-order chi connectivity index (χ0) is 14.0. The second kappa shape index (κ2) is 6.00. The molecule has 0 unspecified atom stereocenters. The molecule has 1 aliphatic carbocycles. The van der Waals surface area contributed by atoms with E-state index in [4.69, 9.17) is 14.2 Å². The van der Waals surface area contributed by atoms with Crippen LogP contribution in [0.1, 0.15) is 38.5 Å². The molecule has 1 spiro atoms. The van der Waals surface area contributed by atoms with Crippen LogP contribution in [0, 0.1) is 5.92 Å². The maximum Gasteiger partial charge on any atom is 0.308 e. The van der Waals surface area contributed by atoms with Crippen molar-refractivity contribution in [3.63, 3.8) is 0 Å². The van der Waals surface area contributed by atoms with Gasteiger partial charge >= 0.3 is 5.97 Å². The van der Waals surface area contributed by atoms with Crippen LogP contribution in [0.3, 0.4) is 0 Å². The van der Waals surface area contributed by atoms with E-state index in [1.807, 2.05) is 0 Å². The van der Waals surface area contributed by atoms with Crippen LogP contribution in [-0.2, 0) is 19.0 Å². The number of hydrogen-bond acceptors (Lipinski definition) is 5. The van der Waals surface area contributed by atoms with Gasteiger partial charge in [-0.1, -0.05) is 0 Å². The average molecular weight is 283 g/mol. The number of carbonyl (C=O) groups excluding carboxylic acids is 1. The standard InChI is InChI=1S/C15H25NO4/c1-18-14(17)12-2-4-13(5-3-12)16-8-6-15(7-9-16)19-10-11-20-15/h12-13H,2-11H2,1H3. The van der Waals surface area contributed by atoms with Crippen molar-refractivity contribution >= 4 is 5.97 Å². The minimum Gasteiger partial charge on any atom is -0.469 e. The number of esters is 1. The van der Waals surface area contributed by atoms with Gasteiger partial charge < -0.3 is 14.2 Å². The fourth-order valence-corrected chi connectivity index (χ4v) is 3.86. The smallest absolute Gasteiger partial charge is 0.308 e. The molecule has 1 saturated carbocycles. The van der Waals surface area contributed by atoms with E-state index in [0.29, 0.717) is 6.04 Å². The minimum absolute atomic E-state index is 0.0335. The largest absolute Gasteiger partial charge is 0.469 e. The molecule has 2 saturated heterocycles. The maximum atomic E-state index is 11.6. The van der Waals surface area contributed by atoms with Crippen molar-refractivity contribution in [2.24, 2.45) is 5.92 Å². The van der Waals surface area contributed by atoms with Crippen LogP contribution < -0.4 is 0 Å². The lowest BCUT2D eigenvalue weighted by Gasteiger charge is -2.43. The molecule has 3 fully saturated rings. The summed E-state index contributed by atoms with van der Waals surface area (Å²) in [7, 11) is 1.49. The van der Waals surface area contributed by atoms with E-state index in [-0.39, 0.29) is 17.7 Å². The summed E-state index contributed by atoms with van der Waals surface area (Å²) in [6.07, 6.45) is 6.09. The van der Waals surface area contributed by atoms with Gasteiger partial charge in [-0.15, -0.1) is 0 Å². The number of hydrogen-bond donors (Lipinski definition) is 0. The predicted molar refractivity (Wildman–Crippen MR) is 73.2 cm³/mol. The third-order valence-electron chi connectivity index (χ3n) is 5.12. The number of carbonyl (C=O) groups is 1. The molecule has 2 heterocycles. The van der Waals surface area contributed by atoms with Crippen molar-refractivity contribution in [1.82, 2.24) is 4.90 Å². The Morgan fingerprint density at radius 3 is 2.25 bits per heavy atom. The first-order valence-electron chi connectivity index (χ1n) is 7.82. The topological polar surface area (TPSA) is 48.0 Å². The number of rotatable bonds is 2. The number of piperidine rings is 1. The first-order chi connectivity index (χ1) is 9.72. The van der Waals surface area contributed by atoms with Gasteiger partial charge in [0.2, 0.25) is 0 Å². The Hall–Kier alpha value is -0.650. The Morgan fingerprint density at radius 1 is 1.10 bits per heavy atom. The Kier molecular flexibility index (Phi) is 4.29. The van der Waals surface area contributed by atoms with Gasteiger partial charge in [-0.2, -0.15) is 0 Å². The molecule has 0 N–H and O–H groups in total. The van der Waals surface area contributed by atoms with Crippen molar-refractivity contribution in [2.75, 3.05) is 33.4 Å². The summed E-state index contributed by atoms with van der Waals surface area (Å²) in [4.78, 5) is 14.1. The molecule has 0 aromatic carbocycles. The van der Waals surface area contributed by atoms with E-state index in [2.05, 4.69) is 4.90 Å². The van der Waals surface area contributed by atoms with E-state index in [1.165, 1.54) is 7.11 Å². The molecule has 114 valence electrons. The fourth-order valence-electron chi connectivity index (χ4n) is 3.86. The van der Waals surface area contributed by atoms with Crippen LogP contribution in [0.2, 0.25) is 0 Å². The van der Waals surface area contributed by atoms with Gasteiger partial charge in [0, 0.05) is 32.0 Å². The van der Waals surface area contributed by atoms with Gasteiger partial charge in [-0.3, -0.25) is 9.69 Å². The van der Waals surface area contributed by atoms with Crippen molar-refractivity contribution in [2.45, 2.75) is 50.4 Å². The molecule has 5 heteroatoms. The molecule has 3 aliphatic rings. The molecular weight excluding hydrogens is 258 g/mol. The van der Waals surface area contributed by atoms with E-state index in [9.17, 15) is 4.79 Å². The summed E-state index contributed by atoms with van der Waals surface area (Å²) in [6, 6.07) is 0.620. The summed E-state index contributed by atoms with van der Waals surface area (Å²) >= 11 is 0. The third-order valence-corrected chi connectivity index (χ3v) is 5.12. The van der Waals surface area contributed by atoms with E-state index in [0.717, 1.165) is 64.8 Å². The molecule has 2 aliphatic heterocycles. The number of nitrogens with zero attached hydrogens (tertiary/aromatic N) is 1. The molecule has 5 nitrogen and oxygen atoms in total. The summed E-state index contributed by atoms with van der Waals surface area (Å²) in [5, 5.41) is 0. The quantitative estimate of drug-likeness (QED) is 0.720. The maximum absolute atomic E-state index is 11.6. The van der Waals surface area contributed by atoms with Crippen LogP contribution in [0.15, 0.2) is 0 Å². The Balaban J connectivity index is 1.46. The summed E-state index contributed by atoms with van der Waals surface area (Å²) < 4.78 is 16.4. The number of methoxy groups -OCH3 is 1. The van der Waals surface area contributed by atoms with Crippen molar-refractivity contribution in [1.29, 1.82) is 0 Å². The molecule has 0 atom stereocenters. The van der Waals surface area contributed by atoms with Crippen molar-refractivity contribution < 1.29 is 19.0 Å². The SMILES string of the molecule is COC(=O)C1CCC(N2CCC3(CC2)OCCO3)CC1. The summed E-state index contributed by atoms with van der Waals surface area (Å²) in [5.41, 5.74) is 0. The first-order valence-corrected chi connectivity index (χ1v) is 7.82. The molecule has 0 radical (unpaired) electrons. The number of likely N-dealkylation sites (tertiary alicyclic amines) is 1. The molecule has 3 rings (SSSR count). The third kappa shape index (κ3) is 2.85. The molecule has 0 aromatic heterocycles. The second-order valence-electron chi connectivity index (χ2n) is 6.17. The van der Waals surface area contributed by atoms with Crippen LogP contribution in [-0.4, -0.2) is 56.1 Å². The summed E-state index contributed by atoms with van der Waals surface area (Å²) in [5.74, 6) is -0.192. The molecule has 0 amide bonds. The summed E-state index contributed by atoms with van der Waals surface area (Å²) in [6.45, 7) is 3.58. The lowest BCUT2D eigenvalue weighted by Crippen LogP contribution is -2.49. The lowest BCUT2D eigenvalue weighted by atomic mass is 9.84. The lowest BCUT2D eigenvalue weighted by molar-refractivity contribution is -0.188. The van der Waals surface area contributed by atoms with Crippen LogP contribution in [0.4, 0.5) is 0 Å². The van der Waals surface area contributed by atoms with Crippen LogP contribution in [0.5, 0.6) is 0 Å². The van der Waals surface area contributed by atoms with Crippen molar-refractivity contribution in [3.05, 3.63) is 0 Å². The van der Waals surface area contributed by atoms with Gasteiger partial charge in [-0.25, -0.2) is 0 Å². The van der Waals surface area contributed by atoms with Gasteiger partial charge in [0.1, 0.15) is 0 Å². The normalized spacial score (nSPS) is 34.2. The minimum atomic E-state index is -0.278. The number of ether oxygens (including phenoxy) is 3. The highest BCUT2D eigenvalue weighted by Crippen LogP contribution is 2.35. The fraction of sp³-hybridized carbons (Fsp3) is 0.933. The molecular formula is C15H25NO4. The van der Waals surface area contributed by atoms with Gasteiger partial charge in [0.05, 0.1) is 26.2 Å². The second-order valence-corrected chi connectivity index (χ2v) is 6.17. The molecule has 0 aromatic rings. The Morgan fingerprint density at radius 2 is 1.70 bits per heavy atom. The molecule has 0 bridgehead atoms. The van der Waals surface area contributed by atoms with Crippen LogP contribution >= 0.6 is 0 Å². The van der Waals surface area contributed by atoms with Crippen molar-refractivity contribution in [3.8, 4) is 0 Å². The highest BCUT2D eigenvalue weighted by atomic mass is 16.7. The zero-order valence-corrected chi connectivity index (χ0v) is 12.3. The Bertz CT molecular complexity index is 336. The zero-order valence-electron chi connectivity index (χ0n) is 12.3. The average Bonchev–Trinajstić information content (AvgIpc) is 2.96. The van der Waals surface area contributed by atoms with Gasteiger partial charge in [0.15, 0.2) is 5.79 Å². The van der Waals surface area contributed by atoms with E-state index >= 15 is 0 Å². The first kappa shape index (κ1) is 14.3. The van der Waals surface area contributed by atoms with E-state index < -0.39 is 0 Å².